The summed E-state index contributed by atoms with van der Waals surface area (Å²) in [5, 5.41) is 16.5. The van der Waals surface area contributed by atoms with E-state index in [1.54, 1.807) is 24.6 Å². The molecule has 45 heavy (non-hydrogen) atoms. The molecule has 1 fully saturated rings. The average Bonchev–Trinajstić information content (AvgIpc) is 3.22. The lowest BCUT2D eigenvalue weighted by molar-refractivity contribution is -0.422. The van der Waals surface area contributed by atoms with Crippen molar-refractivity contribution in [1.82, 2.24) is 9.78 Å². The molecule has 0 saturated carbocycles. The summed E-state index contributed by atoms with van der Waals surface area (Å²) in [4.78, 5) is 48.1. The quantitative estimate of drug-likeness (QED) is 0.205. The standard InChI is InChI=1S/C30H39FN2O12/c1-9-39-24-11-10-21(13-23(24)31)12-22-16(4)33(15(2)3)32-29(22)45-30(38)28(43-20(8)37)27(42-19(7)36)26(41-18(6)35)25(44-30)14-40-17(5)34/h10-11,13,15,25-28,38H,9,12,14H2,1-8H3/t25-,26-,27+,28-,30+/m1/s1. The van der Waals surface area contributed by atoms with Crippen molar-refractivity contribution in [2.24, 2.45) is 0 Å². The van der Waals surface area contributed by atoms with E-state index in [-0.39, 0.29) is 30.7 Å². The van der Waals surface area contributed by atoms with E-state index in [1.165, 1.54) is 12.1 Å². The molecule has 1 N–H and O–H groups in total. The van der Waals surface area contributed by atoms with Crippen LogP contribution >= 0.6 is 0 Å². The molecular formula is C30H39FN2O12. The van der Waals surface area contributed by atoms with Crippen LogP contribution in [0, 0.1) is 12.7 Å². The van der Waals surface area contributed by atoms with Gasteiger partial charge in [-0.2, -0.15) is 0 Å². The Bertz CT molecular complexity index is 1410. The summed E-state index contributed by atoms with van der Waals surface area (Å²) in [6.07, 6.45) is -6.54. The Balaban J connectivity index is 2.15. The van der Waals surface area contributed by atoms with Crippen molar-refractivity contribution in [1.29, 1.82) is 0 Å². The molecule has 1 aliphatic rings. The van der Waals surface area contributed by atoms with Gasteiger partial charge in [-0.05, 0) is 45.4 Å². The fourth-order valence-electron chi connectivity index (χ4n) is 4.91. The van der Waals surface area contributed by atoms with Crippen molar-refractivity contribution in [3.8, 4) is 11.6 Å². The van der Waals surface area contributed by atoms with E-state index in [4.69, 9.17) is 33.2 Å². The summed E-state index contributed by atoms with van der Waals surface area (Å²) in [5.41, 5.74) is 1.53. The van der Waals surface area contributed by atoms with Gasteiger partial charge >= 0.3 is 29.9 Å². The molecule has 2 heterocycles. The lowest BCUT2D eigenvalue weighted by atomic mass is 9.96. The number of hydrogen-bond donors (Lipinski definition) is 1. The maximum absolute atomic E-state index is 14.7. The van der Waals surface area contributed by atoms with Crippen molar-refractivity contribution < 1.29 is 61.8 Å². The van der Waals surface area contributed by atoms with Gasteiger partial charge in [-0.1, -0.05) is 6.07 Å². The van der Waals surface area contributed by atoms with Gasteiger partial charge < -0.3 is 38.3 Å². The van der Waals surface area contributed by atoms with Gasteiger partial charge in [0.15, 0.2) is 23.8 Å². The summed E-state index contributed by atoms with van der Waals surface area (Å²) in [6, 6.07) is 4.25. The van der Waals surface area contributed by atoms with Crippen LogP contribution in [0.1, 0.15) is 71.3 Å². The monoisotopic (exact) mass is 638 g/mol. The molecule has 0 aliphatic carbocycles. The summed E-state index contributed by atoms with van der Waals surface area (Å²) in [5.74, 6) is -7.00. The molecule has 14 nitrogen and oxygen atoms in total. The van der Waals surface area contributed by atoms with E-state index in [9.17, 15) is 28.7 Å². The maximum Gasteiger partial charge on any atom is 0.369 e. The SMILES string of the molecule is CCOc1ccc(Cc2c(O[C@@]3(O)O[C@H](COC(C)=O)[C@@H](OC(C)=O)[C@H](OC(C)=O)[C@H]3OC(C)=O)nn(C(C)C)c2C)cc1F. The predicted octanol–water partition coefficient (Wildman–Crippen LogP) is 2.68. The van der Waals surface area contributed by atoms with Crippen molar-refractivity contribution in [2.45, 2.75) is 98.2 Å². The van der Waals surface area contributed by atoms with Crippen molar-refractivity contribution in [3.05, 3.63) is 40.8 Å². The van der Waals surface area contributed by atoms with Crippen LogP contribution in [0.15, 0.2) is 18.2 Å². The molecule has 1 aromatic carbocycles. The second-order valence-electron chi connectivity index (χ2n) is 10.7. The van der Waals surface area contributed by atoms with Gasteiger partial charge in [0.25, 0.3) is 0 Å². The van der Waals surface area contributed by atoms with Crippen LogP contribution in [0.5, 0.6) is 11.6 Å². The van der Waals surface area contributed by atoms with Gasteiger partial charge in [0.05, 0.1) is 6.61 Å². The van der Waals surface area contributed by atoms with Crippen LogP contribution < -0.4 is 9.47 Å². The van der Waals surface area contributed by atoms with Gasteiger partial charge in [-0.25, -0.2) is 4.39 Å². The first-order chi connectivity index (χ1) is 21.1. The predicted molar refractivity (Wildman–Crippen MR) is 151 cm³/mol. The molecule has 15 heteroatoms. The van der Waals surface area contributed by atoms with Gasteiger partial charge in [-0.15, -0.1) is 5.10 Å². The third-order valence-electron chi connectivity index (χ3n) is 6.66. The molecule has 0 bridgehead atoms. The number of ether oxygens (including phenoxy) is 7. The maximum atomic E-state index is 14.7. The fourth-order valence-corrected chi connectivity index (χ4v) is 4.91. The molecule has 1 aliphatic heterocycles. The van der Waals surface area contributed by atoms with E-state index >= 15 is 0 Å². The Morgan fingerprint density at radius 3 is 2.18 bits per heavy atom. The molecule has 3 rings (SSSR count). The number of nitrogens with zero attached hydrogens (tertiary/aromatic N) is 2. The minimum atomic E-state index is -2.94. The number of halogens is 1. The third-order valence-corrected chi connectivity index (χ3v) is 6.66. The van der Waals surface area contributed by atoms with Crippen molar-refractivity contribution in [3.63, 3.8) is 0 Å². The lowest BCUT2D eigenvalue weighted by Crippen LogP contribution is -2.70. The van der Waals surface area contributed by atoms with E-state index in [2.05, 4.69) is 5.10 Å². The molecule has 0 unspecified atom stereocenters. The number of carbonyl (C=O) groups excluding carboxylic acids is 4. The topological polar surface area (TPSA) is 171 Å². The lowest BCUT2D eigenvalue weighted by Gasteiger charge is -2.47. The van der Waals surface area contributed by atoms with Crippen LogP contribution in [0.2, 0.25) is 0 Å². The zero-order valence-electron chi connectivity index (χ0n) is 26.5. The minimum absolute atomic E-state index is 0.0752. The number of hydrogen-bond acceptors (Lipinski definition) is 13. The first-order valence-electron chi connectivity index (χ1n) is 14.3. The van der Waals surface area contributed by atoms with E-state index in [0.29, 0.717) is 16.8 Å². The second kappa shape index (κ2) is 14.7. The summed E-state index contributed by atoms with van der Waals surface area (Å²) < 4.78 is 54.6. The highest BCUT2D eigenvalue weighted by Crippen LogP contribution is 2.38. The van der Waals surface area contributed by atoms with E-state index in [0.717, 1.165) is 27.7 Å². The van der Waals surface area contributed by atoms with E-state index in [1.807, 2.05) is 13.8 Å². The number of benzene rings is 1. The summed E-state index contributed by atoms with van der Waals surface area (Å²) in [6.45, 7) is 11.2. The number of esters is 4. The molecule has 2 aromatic rings. The Kier molecular flexibility index (Phi) is 11.5. The molecule has 0 radical (unpaired) electrons. The molecule has 0 amide bonds. The average molecular weight is 639 g/mol. The van der Waals surface area contributed by atoms with Gasteiger partial charge in [0.2, 0.25) is 12.0 Å². The van der Waals surface area contributed by atoms with Crippen molar-refractivity contribution in [2.75, 3.05) is 13.2 Å². The first kappa shape index (κ1) is 35.2. The zero-order chi connectivity index (χ0) is 33.6. The van der Waals surface area contributed by atoms with Gasteiger partial charge in [0.1, 0.15) is 12.7 Å². The second-order valence-corrected chi connectivity index (χ2v) is 10.7. The smallest absolute Gasteiger partial charge is 0.369 e. The molecule has 1 aromatic heterocycles. The molecule has 5 atom stereocenters. The van der Waals surface area contributed by atoms with Crippen LogP contribution in [0.3, 0.4) is 0 Å². The van der Waals surface area contributed by atoms with E-state index < -0.39 is 66.7 Å². The third kappa shape index (κ3) is 8.69. The number of aromatic nitrogens is 2. The van der Waals surface area contributed by atoms with Crippen LogP contribution in [-0.4, -0.2) is 82.4 Å². The summed E-state index contributed by atoms with van der Waals surface area (Å²) in [7, 11) is 0. The number of carbonyl (C=O) groups is 4. The number of rotatable bonds is 12. The fraction of sp³-hybridized carbons (Fsp3) is 0.567. The van der Waals surface area contributed by atoms with Crippen LogP contribution in [0.25, 0.3) is 0 Å². The minimum Gasteiger partial charge on any atom is -0.491 e. The Hall–Kier alpha value is -4.24. The largest absolute Gasteiger partial charge is 0.491 e. The highest BCUT2D eigenvalue weighted by atomic mass is 19.1. The molecular weight excluding hydrogens is 599 g/mol. The molecule has 0 spiro atoms. The summed E-state index contributed by atoms with van der Waals surface area (Å²) >= 11 is 0. The van der Waals surface area contributed by atoms with Crippen LogP contribution in [0.4, 0.5) is 4.39 Å². The van der Waals surface area contributed by atoms with Crippen molar-refractivity contribution >= 4 is 23.9 Å². The molecule has 1 saturated heterocycles. The Morgan fingerprint density at radius 2 is 1.64 bits per heavy atom. The first-order valence-corrected chi connectivity index (χ1v) is 14.3. The highest BCUT2D eigenvalue weighted by molar-refractivity contribution is 5.68. The zero-order valence-corrected chi connectivity index (χ0v) is 26.5. The van der Waals surface area contributed by atoms with Crippen LogP contribution in [-0.2, 0) is 49.3 Å². The normalized spacial score (nSPS) is 22.8. The van der Waals surface area contributed by atoms with Gasteiger partial charge in [-0.3, -0.25) is 23.9 Å². The molecule has 248 valence electrons. The van der Waals surface area contributed by atoms with Gasteiger partial charge in [0, 0.05) is 51.4 Å². The number of aliphatic hydroxyl groups is 1. The highest BCUT2D eigenvalue weighted by Gasteiger charge is 2.62. The Labute approximate surface area is 259 Å². The Morgan fingerprint density at radius 1 is 1.02 bits per heavy atom.